The van der Waals surface area contributed by atoms with Crippen LogP contribution in [0, 0.1) is 5.92 Å². The van der Waals surface area contributed by atoms with Crippen molar-refractivity contribution in [3.05, 3.63) is 0 Å². The van der Waals surface area contributed by atoms with Gasteiger partial charge in [-0.05, 0) is 18.8 Å². The van der Waals surface area contributed by atoms with Gasteiger partial charge < -0.3 is 4.74 Å². The van der Waals surface area contributed by atoms with E-state index in [4.69, 9.17) is 4.74 Å². The lowest BCUT2D eigenvalue weighted by atomic mass is 10.1. The normalized spacial score (nSPS) is 13.8. The summed E-state index contributed by atoms with van der Waals surface area (Å²) in [5, 5.41) is 0. The molecule has 0 amide bonds. The second kappa shape index (κ2) is 6.85. The van der Waals surface area contributed by atoms with E-state index in [0.29, 0.717) is 13.0 Å². The summed E-state index contributed by atoms with van der Waals surface area (Å²) >= 11 is 0. The van der Waals surface area contributed by atoms with Gasteiger partial charge in [0.1, 0.15) is 6.04 Å². The lowest BCUT2D eigenvalue weighted by molar-refractivity contribution is -0.146. The molecule has 16 heavy (non-hydrogen) atoms. The van der Waals surface area contributed by atoms with Crippen molar-refractivity contribution in [2.75, 3.05) is 12.9 Å². The Balaban J connectivity index is 4.47. The molecule has 0 aromatic carbocycles. The molecule has 0 aliphatic heterocycles. The van der Waals surface area contributed by atoms with E-state index in [1.54, 1.807) is 0 Å². The zero-order chi connectivity index (χ0) is 12.8. The summed E-state index contributed by atoms with van der Waals surface area (Å²) in [6.07, 6.45) is 2.20. The van der Waals surface area contributed by atoms with Gasteiger partial charge in [-0.25, -0.2) is 13.1 Å². The van der Waals surface area contributed by atoms with Crippen LogP contribution >= 0.6 is 0 Å². The first-order chi connectivity index (χ1) is 7.26. The minimum absolute atomic E-state index is 0.216. The fourth-order valence-corrected chi connectivity index (χ4v) is 1.93. The summed E-state index contributed by atoms with van der Waals surface area (Å²) in [5.74, 6) is -0.283. The number of ether oxygens (including phenoxy) is 1. The molecule has 0 saturated heterocycles. The standard InChI is InChI=1S/C10H21NO4S/c1-5-6-15-10(12)9(7-8(2)3)11-16(4,13)14/h8-9,11H,5-7H2,1-4H3. The Kier molecular flexibility index (Phi) is 6.59. The Morgan fingerprint density at radius 1 is 1.38 bits per heavy atom. The number of carbonyl (C=O) groups is 1. The second-order valence-electron chi connectivity index (χ2n) is 4.24. The van der Waals surface area contributed by atoms with E-state index in [1.165, 1.54) is 0 Å². The first-order valence-corrected chi connectivity index (χ1v) is 7.29. The highest BCUT2D eigenvalue weighted by Gasteiger charge is 2.24. The molecule has 0 heterocycles. The van der Waals surface area contributed by atoms with Crippen molar-refractivity contribution < 1.29 is 17.9 Å². The minimum atomic E-state index is -3.39. The molecule has 1 unspecified atom stereocenters. The highest BCUT2D eigenvalue weighted by Crippen LogP contribution is 2.07. The Morgan fingerprint density at radius 2 is 1.94 bits per heavy atom. The van der Waals surface area contributed by atoms with Crippen LogP contribution < -0.4 is 4.72 Å². The largest absolute Gasteiger partial charge is 0.465 e. The van der Waals surface area contributed by atoms with Crippen molar-refractivity contribution in [1.29, 1.82) is 0 Å². The Bertz CT molecular complexity index is 311. The van der Waals surface area contributed by atoms with Gasteiger partial charge in [-0.15, -0.1) is 0 Å². The van der Waals surface area contributed by atoms with Crippen LogP contribution in [0.4, 0.5) is 0 Å². The fraction of sp³-hybridized carbons (Fsp3) is 0.900. The lowest BCUT2D eigenvalue weighted by Gasteiger charge is -2.17. The predicted molar refractivity (Wildman–Crippen MR) is 62.5 cm³/mol. The summed E-state index contributed by atoms with van der Waals surface area (Å²) in [6.45, 7) is 6.04. The molecule has 0 radical (unpaired) electrons. The molecule has 0 aromatic heterocycles. The van der Waals surface area contributed by atoms with Crippen molar-refractivity contribution in [3.63, 3.8) is 0 Å². The van der Waals surface area contributed by atoms with Crippen LogP contribution in [-0.2, 0) is 19.6 Å². The van der Waals surface area contributed by atoms with E-state index in [-0.39, 0.29) is 5.92 Å². The topological polar surface area (TPSA) is 72.5 Å². The van der Waals surface area contributed by atoms with E-state index < -0.39 is 22.0 Å². The third-order valence-electron chi connectivity index (χ3n) is 1.80. The Labute approximate surface area is 97.6 Å². The monoisotopic (exact) mass is 251 g/mol. The molecule has 0 aliphatic carbocycles. The molecule has 6 heteroatoms. The number of nitrogens with one attached hydrogen (secondary N) is 1. The number of rotatable bonds is 7. The Morgan fingerprint density at radius 3 is 2.31 bits per heavy atom. The van der Waals surface area contributed by atoms with Crippen molar-refractivity contribution >= 4 is 16.0 Å². The molecule has 96 valence electrons. The molecule has 1 N–H and O–H groups in total. The minimum Gasteiger partial charge on any atom is -0.465 e. The molecular formula is C10H21NO4S. The highest BCUT2D eigenvalue weighted by molar-refractivity contribution is 7.88. The maximum Gasteiger partial charge on any atom is 0.324 e. The molecule has 0 aromatic rings. The molecule has 0 saturated carbocycles. The van der Waals surface area contributed by atoms with Gasteiger partial charge in [0.15, 0.2) is 0 Å². The van der Waals surface area contributed by atoms with Crippen LogP contribution in [0.2, 0.25) is 0 Å². The van der Waals surface area contributed by atoms with Crippen LogP contribution in [0.1, 0.15) is 33.6 Å². The number of hydrogen-bond acceptors (Lipinski definition) is 4. The van der Waals surface area contributed by atoms with Crippen molar-refractivity contribution in [2.45, 2.75) is 39.7 Å². The van der Waals surface area contributed by atoms with Crippen LogP contribution in [-0.4, -0.2) is 33.3 Å². The lowest BCUT2D eigenvalue weighted by Crippen LogP contribution is -2.42. The molecule has 0 fully saturated rings. The SMILES string of the molecule is CCCOC(=O)C(CC(C)C)NS(C)(=O)=O. The van der Waals surface area contributed by atoms with E-state index in [0.717, 1.165) is 12.7 Å². The molecule has 1 atom stereocenters. The Hall–Kier alpha value is -0.620. The fourth-order valence-electron chi connectivity index (χ4n) is 1.23. The van der Waals surface area contributed by atoms with Gasteiger partial charge >= 0.3 is 5.97 Å². The van der Waals surface area contributed by atoms with Crippen LogP contribution in [0.5, 0.6) is 0 Å². The highest BCUT2D eigenvalue weighted by atomic mass is 32.2. The summed E-state index contributed by atoms with van der Waals surface area (Å²) in [5.41, 5.74) is 0. The summed E-state index contributed by atoms with van der Waals surface area (Å²) in [6, 6.07) is -0.776. The van der Waals surface area contributed by atoms with Gasteiger partial charge in [0.05, 0.1) is 12.9 Å². The number of sulfonamides is 1. The molecule has 0 bridgehead atoms. The third-order valence-corrected chi connectivity index (χ3v) is 2.51. The summed E-state index contributed by atoms with van der Waals surface area (Å²) < 4.78 is 29.4. The summed E-state index contributed by atoms with van der Waals surface area (Å²) in [4.78, 5) is 11.6. The molecule has 0 rings (SSSR count). The van der Waals surface area contributed by atoms with Crippen LogP contribution in [0.25, 0.3) is 0 Å². The van der Waals surface area contributed by atoms with Gasteiger partial charge in [-0.2, -0.15) is 0 Å². The quantitative estimate of drug-likeness (QED) is 0.682. The average Bonchev–Trinajstić information content (AvgIpc) is 2.10. The maximum atomic E-state index is 11.6. The van der Waals surface area contributed by atoms with Gasteiger partial charge in [0.2, 0.25) is 10.0 Å². The molecule has 0 spiro atoms. The first kappa shape index (κ1) is 15.4. The van der Waals surface area contributed by atoms with E-state index in [2.05, 4.69) is 4.72 Å². The molecule has 0 aliphatic rings. The van der Waals surface area contributed by atoms with E-state index >= 15 is 0 Å². The zero-order valence-corrected chi connectivity index (χ0v) is 11.1. The maximum absolute atomic E-state index is 11.6. The predicted octanol–water partition coefficient (Wildman–Crippen LogP) is 0.904. The van der Waals surface area contributed by atoms with Crippen molar-refractivity contribution in [2.24, 2.45) is 5.92 Å². The van der Waals surface area contributed by atoms with E-state index in [9.17, 15) is 13.2 Å². The van der Waals surface area contributed by atoms with Gasteiger partial charge in [-0.3, -0.25) is 4.79 Å². The summed E-state index contributed by atoms with van der Waals surface area (Å²) in [7, 11) is -3.39. The van der Waals surface area contributed by atoms with Crippen molar-refractivity contribution in [1.82, 2.24) is 4.72 Å². The van der Waals surface area contributed by atoms with Crippen LogP contribution in [0.15, 0.2) is 0 Å². The average molecular weight is 251 g/mol. The van der Waals surface area contributed by atoms with Gasteiger partial charge in [0, 0.05) is 0 Å². The zero-order valence-electron chi connectivity index (χ0n) is 10.3. The van der Waals surface area contributed by atoms with Crippen molar-refractivity contribution in [3.8, 4) is 0 Å². The number of carbonyl (C=O) groups excluding carboxylic acids is 1. The number of hydrogen-bond donors (Lipinski definition) is 1. The number of esters is 1. The third kappa shape index (κ3) is 7.64. The molecular weight excluding hydrogens is 230 g/mol. The van der Waals surface area contributed by atoms with Gasteiger partial charge in [0.25, 0.3) is 0 Å². The smallest absolute Gasteiger partial charge is 0.324 e. The van der Waals surface area contributed by atoms with Gasteiger partial charge in [-0.1, -0.05) is 20.8 Å². The van der Waals surface area contributed by atoms with E-state index in [1.807, 2.05) is 20.8 Å². The second-order valence-corrected chi connectivity index (χ2v) is 6.02. The molecule has 5 nitrogen and oxygen atoms in total. The first-order valence-electron chi connectivity index (χ1n) is 5.40. The van der Waals surface area contributed by atoms with Crippen LogP contribution in [0.3, 0.4) is 0 Å².